The van der Waals surface area contributed by atoms with Gasteiger partial charge in [0, 0.05) is 13.1 Å². The first kappa shape index (κ1) is 23.9. The molecule has 1 unspecified atom stereocenters. The normalized spacial score (nSPS) is 16.0. The van der Waals surface area contributed by atoms with Crippen LogP contribution in [-0.4, -0.2) is 49.7 Å². The molecule has 172 valence electrons. The number of hydrogen-bond donors (Lipinski definition) is 2. The maximum Gasteiger partial charge on any atom is 0.338 e. The van der Waals surface area contributed by atoms with Crippen molar-refractivity contribution in [2.75, 3.05) is 18.4 Å². The summed E-state index contributed by atoms with van der Waals surface area (Å²) in [5, 5.41) is 4.39. The molecule has 11 heteroatoms. The molecule has 3 N–H and O–H groups in total. The summed E-state index contributed by atoms with van der Waals surface area (Å²) >= 11 is 1.12. The van der Waals surface area contributed by atoms with Crippen LogP contribution in [0.2, 0.25) is 0 Å². The fraction of sp³-hybridized carbons (Fsp3) is 0.381. The lowest BCUT2D eigenvalue weighted by Crippen LogP contribution is -2.32. The van der Waals surface area contributed by atoms with Crippen molar-refractivity contribution in [2.45, 2.75) is 43.6 Å². The Morgan fingerprint density at radius 2 is 1.69 bits per heavy atom. The molecule has 2 aromatic rings. The highest BCUT2D eigenvalue weighted by Gasteiger charge is 2.26. The molecule has 2 amide bonds. The number of sulfonamides is 1. The van der Waals surface area contributed by atoms with E-state index >= 15 is 0 Å². The molecule has 1 fully saturated rings. The molecule has 0 spiro atoms. The second-order valence-corrected chi connectivity index (χ2v) is 10.3. The number of ether oxygens (including phenoxy) is 1. The summed E-state index contributed by atoms with van der Waals surface area (Å²) in [4.78, 5) is 36.2. The second-order valence-electron chi connectivity index (χ2n) is 7.41. The predicted octanol–water partition coefficient (Wildman–Crippen LogP) is 2.60. The first-order valence-corrected chi connectivity index (χ1v) is 12.5. The molecule has 1 aliphatic heterocycles. The van der Waals surface area contributed by atoms with E-state index in [1.807, 2.05) is 0 Å². The van der Waals surface area contributed by atoms with E-state index in [4.69, 9.17) is 10.5 Å². The first-order valence-electron chi connectivity index (χ1n) is 10.2. The molecule has 1 saturated heterocycles. The number of rotatable bonds is 7. The minimum atomic E-state index is -3.62. The van der Waals surface area contributed by atoms with Crippen molar-refractivity contribution in [3.05, 3.63) is 46.8 Å². The van der Waals surface area contributed by atoms with Crippen LogP contribution >= 0.6 is 11.3 Å². The van der Waals surface area contributed by atoms with Gasteiger partial charge >= 0.3 is 5.97 Å². The lowest BCUT2D eigenvalue weighted by molar-refractivity contribution is -0.123. The van der Waals surface area contributed by atoms with Crippen LogP contribution < -0.4 is 11.1 Å². The SMILES string of the molecule is CC(OC(=O)c1ccc(S(=O)(=O)N2CCCCCC2)cc1)C(=O)Nc1sccc1C(N)=O. The number of primary amides is 1. The van der Waals surface area contributed by atoms with Crippen molar-refractivity contribution in [2.24, 2.45) is 5.73 Å². The van der Waals surface area contributed by atoms with Gasteiger partial charge in [0.25, 0.3) is 11.8 Å². The molecule has 2 heterocycles. The Hall–Kier alpha value is -2.76. The Morgan fingerprint density at radius 3 is 2.28 bits per heavy atom. The Morgan fingerprint density at radius 1 is 1.06 bits per heavy atom. The van der Waals surface area contributed by atoms with Crippen LogP contribution in [0.15, 0.2) is 40.6 Å². The summed E-state index contributed by atoms with van der Waals surface area (Å²) in [5.41, 5.74) is 5.54. The number of nitrogens with two attached hydrogens (primary N) is 1. The molecular weight excluding hydrogens is 454 g/mol. The molecule has 0 aliphatic carbocycles. The number of amides is 2. The highest BCUT2D eigenvalue weighted by molar-refractivity contribution is 7.89. The van der Waals surface area contributed by atoms with Gasteiger partial charge in [0.2, 0.25) is 10.0 Å². The van der Waals surface area contributed by atoms with Crippen LogP contribution in [0, 0.1) is 0 Å². The van der Waals surface area contributed by atoms with Crippen LogP contribution in [0.25, 0.3) is 0 Å². The van der Waals surface area contributed by atoms with E-state index in [1.54, 1.807) is 5.38 Å². The van der Waals surface area contributed by atoms with E-state index in [1.165, 1.54) is 41.6 Å². The summed E-state index contributed by atoms with van der Waals surface area (Å²) in [5.74, 6) is -2.07. The number of carbonyl (C=O) groups excluding carboxylic acids is 3. The quantitative estimate of drug-likeness (QED) is 0.586. The predicted molar refractivity (Wildman–Crippen MR) is 120 cm³/mol. The molecule has 3 rings (SSSR count). The standard InChI is InChI=1S/C21H25N3O6S2/c1-14(19(26)23-20-17(18(22)25)10-13-31-20)30-21(27)15-6-8-16(9-7-15)32(28,29)24-11-4-2-3-5-12-24/h6-10,13-14H,2-5,11-12H2,1H3,(H2,22,25)(H,23,26). The van der Waals surface area contributed by atoms with Gasteiger partial charge < -0.3 is 15.8 Å². The van der Waals surface area contributed by atoms with Crippen molar-refractivity contribution in [3.63, 3.8) is 0 Å². The molecule has 1 atom stereocenters. The maximum absolute atomic E-state index is 12.8. The van der Waals surface area contributed by atoms with Crippen molar-refractivity contribution in [1.82, 2.24) is 4.31 Å². The van der Waals surface area contributed by atoms with Crippen molar-refractivity contribution in [1.29, 1.82) is 0 Å². The average Bonchev–Trinajstić information content (AvgIpc) is 3.04. The molecule has 0 bridgehead atoms. The van der Waals surface area contributed by atoms with Gasteiger partial charge in [0.15, 0.2) is 6.10 Å². The van der Waals surface area contributed by atoms with Gasteiger partial charge in [-0.2, -0.15) is 4.31 Å². The molecule has 32 heavy (non-hydrogen) atoms. The fourth-order valence-electron chi connectivity index (χ4n) is 3.29. The largest absolute Gasteiger partial charge is 0.449 e. The van der Waals surface area contributed by atoms with Crippen LogP contribution in [0.5, 0.6) is 0 Å². The van der Waals surface area contributed by atoms with E-state index < -0.39 is 33.9 Å². The number of esters is 1. The molecule has 1 aliphatic rings. The van der Waals surface area contributed by atoms with Crippen LogP contribution in [0.3, 0.4) is 0 Å². The van der Waals surface area contributed by atoms with E-state index in [9.17, 15) is 22.8 Å². The number of hydrogen-bond acceptors (Lipinski definition) is 7. The number of nitrogens with zero attached hydrogens (tertiary/aromatic N) is 1. The number of carbonyl (C=O) groups is 3. The summed E-state index contributed by atoms with van der Waals surface area (Å²) in [6.45, 7) is 2.36. The lowest BCUT2D eigenvalue weighted by Gasteiger charge is -2.20. The third-order valence-electron chi connectivity index (χ3n) is 5.11. The van der Waals surface area contributed by atoms with Crippen LogP contribution in [0.1, 0.15) is 53.3 Å². The minimum Gasteiger partial charge on any atom is -0.449 e. The Labute approximate surface area is 190 Å². The molecule has 9 nitrogen and oxygen atoms in total. The smallest absolute Gasteiger partial charge is 0.338 e. The molecule has 1 aromatic heterocycles. The monoisotopic (exact) mass is 479 g/mol. The highest BCUT2D eigenvalue weighted by atomic mass is 32.2. The van der Waals surface area contributed by atoms with Gasteiger partial charge in [0.05, 0.1) is 16.0 Å². The summed E-state index contributed by atoms with van der Waals surface area (Å²) in [6.07, 6.45) is 2.54. The third kappa shape index (κ3) is 5.53. The molecular formula is C21H25N3O6S2. The van der Waals surface area contributed by atoms with Gasteiger partial charge in [-0.25, -0.2) is 13.2 Å². The second kappa shape index (κ2) is 10.2. The Kier molecular flexibility index (Phi) is 7.64. The zero-order valence-electron chi connectivity index (χ0n) is 17.6. The Balaban J connectivity index is 1.63. The van der Waals surface area contributed by atoms with E-state index in [-0.39, 0.29) is 21.0 Å². The van der Waals surface area contributed by atoms with E-state index in [0.29, 0.717) is 13.1 Å². The number of anilines is 1. The van der Waals surface area contributed by atoms with E-state index in [2.05, 4.69) is 5.32 Å². The molecule has 1 aromatic carbocycles. The zero-order valence-corrected chi connectivity index (χ0v) is 19.2. The van der Waals surface area contributed by atoms with Gasteiger partial charge in [-0.15, -0.1) is 11.3 Å². The van der Waals surface area contributed by atoms with Gasteiger partial charge in [-0.05, 0) is 55.5 Å². The van der Waals surface area contributed by atoms with Crippen LogP contribution in [-0.2, 0) is 19.6 Å². The molecule has 0 radical (unpaired) electrons. The number of thiophene rings is 1. The summed E-state index contributed by atoms with van der Waals surface area (Å²) in [6, 6.07) is 6.95. The lowest BCUT2D eigenvalue weighted by atomic mass is 10.2. The van der Waals surface area contributed by atoms with Crippen molar-refractivity contribution in [3.8, 4) is 0 Å². The van der Waals surface area contributed by atoms with Gasteiger partial charge in [-0.1, -0.05) is 12.8 Å². The maximum atomic E-state index is 12.8. The fourth-order valence-corrected chi connectivity index (χ4v) is 5.60. The molecule has 0 saturated carbocycles. The summed E-state index contributed by atoms with van der Waals surface area (Å²) in [7, 11) is -3.62. The summed E-state index contributed by atoms with van der Waals surface area (Å²) < 4.78 is 32.3. The topological polar surface area (TPSA) is 136 Å². The van der Waals surface area contributed by atoms with Crippen LogP contribution in [0.4, 0.5) is 5.00 Å². The van der Waals surface area contributed by atoms with Gasteiger partial charge in [-0.3, -0.25) is 9.59 Å². The number of nitrogens with one attached hydrogen (secondary N) is 1. The van der Waals surface area contributed by atoms with Crippen molar-refractivity contribution >= 4 is 44.1 Å². The van der Waals surface area contributed by atoms with E-state index in [0.717, 1.165) is 37.0 Å². The zero-order chi connectivity index (χ0) is 23.3. The minimum absolute atomic E-state index is 0.110. The first-order chi connectivity index (χ1) is 15.2. The third-order valence-corrected chi connectivity index (χ3v) is 7.86. The number of benzene rings is 1. The van der Waals surface area contributed by atoms with Crippen molar-refractivity contribution < 1.29 is 27.5 Å². The Bertz CT molecular complexity index is 1090. The van der Waals surface area contributed by atoms with Gasteiger partial charge in [0.1, 0.15) is 5.00 Å². The highest BCUT2D eigenvalue weighted by Crippen LogP contribution is 2.23. The average molecular weight is 480 g/mol.